The number of benzene rings is 1. The van der Waals surface area contributed by atoms with Gasteiger partial charge in [0.25, 0.3) is 5.22 Å². The standard InChI is InChI=1S/C13H15N3O4S/c1-18-9-5-8(6-10(7-9)19-2)12-15-16-13(20-12)21-4-3-11(14)17/h5-7H,3-4H2,1-2H3,(H2,14,17). The Morgan fingerprint density at radius 1 is 1.24 bits per heavy atom. The number of ether oxygens (including phenoxy) is 2. The second kappa shape index (κ2) is 6.98. The lowest BCUT2D eigenvalue weighted by molar-refractivity contribution is -0.117. The fourth-order valence-electron chi connectivity index (χ4n) is 1.55. The minimum atomic E-state index is -0.361. The Morgan fingerprint density at radius 3 is 2.48 bits per heavy atom. The molecule has 0 radical (unpaired) electrons. The largest absolute Gasteiger partial charge is 0.497 e. The molecule has 0 spiro atoms. The zero-order valence-corrected chi connectivity index (χ0v) is 12.5. The highest BCUT2D eigenvalue weighted by Crippen LogP contribution is 2.30. The van der Waals surface area contributed by atoms with Crippen LogP contribution < -0.4 is 15.2 Å². The fraction of sp³-hybridized carbons (Fsp3) is 0.308. The van der Waals surface area contributed by atoms with Crippen molar-refractivity contribution in [3.63, 3.8) is 0 Å². The van der Waals surface area contributed by atoms with E-state index < -0.39 is 0 Å². The number of carbonyl (C=O) groups is 1. The molecule has 0 saturated heterocycles. The molecule has 0 atom stereocenters. The van der Waals surface area contributed by atoms with E-state index in [9.17, 15) is 4.79 Å². The van der Waals surface area contributed by atoms with Crippen LogP contribution in [0.5, 0.6) is 11.5 Å². The molecule has 112 valence electrons. The van der Waals surface area contributed by atoms with Gasteiger partial charge in [-0.05, 0) is 12.1 Å². The van der Waals surface area contributed by atoms with Gasteiger partial charge in [0.2, 0.25) is 11.8 Å². The van der Waals surface area contributed by atoms with Gasteiger partial charge in [-0.1, -0.05) is 11.8 Å². The van der Waals surface area contributed by atoms with Crippen molar-refractivity contribution in [2.24, 2.45) is 5.73 Å². The molecule has 0 aliphatic heterocycles. The molecule has 1 amide bonds. The summed E-state index contributed by atoms with van der Waals surface area (Å²) < 4.78 is 15.9. The summed E-state index contributed by atoms with van der Waals surface area (Å²) in [4.78, 5) is 10.7. The molecule has 0 bridgehead atoms. The normalized spacial score (nSPS) is 10.4. The molecular weight excluding hydrogens is 294 g/mol. The molecule has 21 heavy (non-hydrogen) atoms. The smallest absolute Gasteiger partial charge is 0.276 e. The molecule has 2 aromatic rings. The number of primary amides is 1. The zero-order valence-electron chi connectivity index (χ0n) is 11.7. The van der Waals surface area contributed by atoms with Crippen LogP contribution in [0.4, 0.5) is 0 Å². The van der Waals surface area contributed by atoms with E-state index in [1.807, 2.05) is 0 Å². The Labute approximate surface area is 125 Å². The van der Waals surface area contributed by atoms with Crippen molar-refractivity contribution in [1.82, 2.24) is 10.2 Å². The molecule has 1 heterocycles. The number of aromatic nitrogens is 2. The number of hydrogen-bond donors (Lipinski definition) is 1. The van der Waals surface area contributed by atoms with E-state index in [0.717, 1.165) is 0 Å². The van der Waals surface area contributed by atoms with Crippen molar-refractivity contribution in [3.05, 3.63) is 18.2 Å². The van der Waals surface area contributed by atoms with Crippen LogP contribution in [0.25, 0.3) is 11.5 Å². The van der Waals surface area contributed by atoms with Gasteiger partial charge in [0, 0.05) is 23.8 Å². The van der Waals surface area contributed by atoms with Gasteiger partial charge in [-0.3, -0.25) is 4.79 Å². The minimum Gasteiger partial charge on any atom is -0.497 e. The van der Waals surface area contributed by atoms with Crippen LogP contribution in [0.3, 0.4) is 0 Å². The summed E-state index contributed by atoms with van der Waals surface area (Å²) in [6, 6.07) is 5.30. The van der Waals surface area contributed by atoms with Crippen molar-refractivity contribution in [2.75, 3.05) is 20.0 Å². The lowest BCUT2D eigenvalue weighted by Crippen LogP contribution is -2.10. The zero-order chi connectivity index (χ0) is 15.2. The summed E-state index contributed by atoms with van der Waals surface area (Å²) in [7, 11) is 3.13. The first-order valence-corrected chi connectivity index (χ1v) is 7.09. The maximum atomic E-state index is 10.7. The van der Waals surface area contributed by atoms with Crippen LogP contribution in [0.1, 0.15) is 6.42 Å². The van der Waals surface area contributed by atoms with Gasteiger partial charge >= 0.3 is 0 Å². The van der Waals surface area contributed by atoms with Gasteiger partial charge in [0.15, 0.2) is 0 Å². The monoisotopic (exact) mass is 309 g/mol. The molecule has 1 aromatic carbocycles. The highest BCUT2D eigenvalue weighted by molar-refractivity contribution is 7.99. The number of nitrogens with zero attached hydrogens (tertiary/aromatic N) is 2. The third-order valence-corrected chi connectivity index (χ3v) is 3.40. The third-order valence-electron chi connectivity index (χ3n) is 2.58. The van der Waals surface area contributed by atoms with E-state index in [2.05, 4.69) is 10.2 Å². The van der Waals surface area contributed by atoms with Crippen molar-refractivity contribution in [2.45, 2.75) is 11.6 Å². The van der Waals surface area contributed by atoms with Crippen molar-refractivity contribution in [1.29, 1.82) is 0 Å². The molecule has 0 aliphatic rings. The van der Waals surface area contributed by atoms with Crippen LogP contribution in [0.15, 0.2) is 27.8 Å². The average molecular weight is 309 g/mol. The topological polar surface area (TPSA) is 100 Å². The molecular formula is C13H15N3O4S. The van der Waals surface area contributed by atoms with E-state index in [1.165, 1.54) is 11.8 Å². The molecule has 0 fully saturated rings. The fourth-order valence-corrected chi connectivity index (χ4v) is 2.27. The van der Waals surface area contributed by atoms with Gasteiger partial charge < -0.3 is 19.6 Å². The highest BCUT2D eigenvalue weighted by Gasteiger charge is 2.12. The minimum absolute atomic E-state index is 0.259. The highest BCUT2D eigenvalue weighted by atomic mass is 32.2. The van der Waals surface area contributed by atoms with E-state index >= 15 is 0 Å². The summed E-state index contributed by atoms with van der Waals surface area (Å²) in [5.41, 5.74) is 5.76. The lowest BCUT2D eigenvalue weighted by atomic mass is 10.2. The van der Waals surface area contributed by atoms with Crippen LogP contribution in [0, 0.1) is 0 Å². The van der Waals surface area contributed by atoms with Crippen LogP contribution in [-0.2, 0) is 4.79 Å². The van der Waals surface area contributed by atoms with Gasteiger partial charge in [-0.15, -0.1) is 10.2 Å². The number of thioether (sulfide) groups is 1. The first-order valence-electron chi connectivity index (χ1n) is 6.10. The Balaban J connectivity index is 2.15. The quantitative estimate of drug-likeness (QED) is 0.777. The Bertz CT molecular complexity index is 607. The van der Waals surface area contributed by atoms with Crippen LogP contribution in [0.2, 0.25) is 0 Å². The number of nitrogens with two attached hydrogens (primary N) is 1. The molecule has 0 unspecified atom stereocenters. The van der Waals surface area contributed by atoms with Crippen LogP contribution in [-0.4, -0.2) is 36.1 Å². The van der Waals surface area contributed by atoms with Gasteiger partial charge in [0.05, 0.1) is 14.2 Å². The Morgan fingerprint density at radius 2 is 1.90 bits per heavy atom. The van der Waals surface area contributed by atoms with Crippen molar-refractivity contribution < 1.29 is 18.7 Å². The molecule has 0 aliphatic carbocycles. The summed E-state index contributed by atoms with van der Waals surface area (Å²) in [5.74, 6) is 1.75. The van der Waals surface area contributed by atoms with Crippen molar-refractivity contribution >= 4 is 17.7 Å². The van der Waals surface area contributed by atoms with Gasteiger partial charge in [0.1, 0.15) is 11.5 Å². The molecule has 2 N–H and O–H groups in total. The Kier molecular flexibility index (Phi) is 5.04. The maximum Gasteiger partial charge on any atom is 0.276 e. The SMILES string of the molecule is COc1cc(OC)cc(-c2nnc(SCCC(N)=O)o2)c1. The second-order valence-corrected chi connectivity index (χ2v) is 5.09. The number of rotatable bonds is 7. The predicted octanol–water partition coefficient (Wildman–Crippen LogP) is 1.72. The van der Waals surface area contributed by atoms with Gasteiger partial charge in [-0.2, -0.15) is 0 Å². The van der Waals surface area contributed by atoms with E-state index in [4.69, 9.17) is 19.6 Å². The first kappa shape index (κ1) is 15.2. The van der Waals surface area contributed by atoms with E-state index in [-0.39, 0.29) is 12.3 Å². The number of amides is 1. The summed E-state index contributed by atoms with van der Waals surface area (Å²) in [6.07, 6.45) is 0.259. The summed E-state index contributed by atoms with van der Waals surface area (Å²) in [6.45, 7) is 0. The van der Waals surface area contributed by atoms with Gasteiger partial charge in [-0.25, -0.2) is 0 Å². The predicted molar refractivity (Wildman–Crippen MR) is 77.4 cm³/mol. The van der Waals surface area contributed by atoms with Crippen molar-refractivity contribution in [3.8, 4) is 23.0 Å². The van der Waals surface area contributed by atoms with E-state index in [0.29, 0.717) is 33.9 Å². The average Bonchev–Trinajstić information content (AvgIpc) is 2.95. The first-order chi connectivity index (χ1) is 10.1. The lowest BCUT2D eigenvalue weighted by Gasteiger charge is -2.05. The second-order valence-electron chi connectivity index (χ2n) is 4.04. The summed E-state index contributed by atoms with van der Waals surface area (Å²) in [5, 5.41) is 8.27. The summed E-state index contributed by atoms with van der Waals surface area (Å²) >= 11 is 1.28. The molecule has 8 heteroatoms. The molecule has 2 rings (SSSR count). The molecule has 1 aromatic heterocycles. The number of carbonyl (C=O) groups excluding carboxylic acids is 1. The third kappa shape index (κ3) is 4.12. The number of methoxy groups -OCH3 is 2. The molecule has 0 saturated carbocycles. The Hall–Kier alpha value is -2.22. The molecule has 7 nitrogen and oxygen atoms in total. The van der Waals surface area contributed by atoms with E-state index in [1.54, 1.807) is 32.4 Å². The van der Waals surface area contributed by atoms with Crippen LogP contribution >= 0.6 is 11.8 Å². The number of hydrogen-bond acceptors (Lipinski definition) is 7. The maximum absolute atomic E-state index is 10.7.